The molecule has 0 amide bonds. The van der Waals surface area contributed by atoms with Crippen LogP contribution in [0.1, 0.15) is 11.3 Å². The molecule has 5 nitrogen and oxygen atoms in total. The lowest BCUT2D eigenvalue weighted by molar-refractivity contribution is 0.0384. The molecular weight excluding hydrogens is 216 g/mol. The van der Waals surface area contributed by atoms with Crippen molar-refractivity contribution in [2.75, 3.05) is 39.4 Å². The molecular formula is C12H22N4O. The van der Waals surface area contributed by atoms with E-state index in [0.29, 0.717) is 0 Å². The lowest BCUT2D eigenvalue weighted by Crippen LogP contribution is -2.40. The minimum atomic E-state index is 0.876. The maximum atomic E-state index is 5.32. The Kier molecular flexibility index (Phi) is 4.53. The van der Waals surface area contributed by atoms with Gasteiger partial charge in [0, 0.05) is 39.8 Å². The van der Waals surface area contributed by atoms with E-state index >= 15 is 0 Å². The van der Waals surface area contributed by atoms with Crippen molar-refractivity contribution in [1.82, 2.24) is 20.0 Å². The van der Waals surface area contributed by atoms with Gasteiger partial charge in [0.1, 0.15) is 0 Å². The van der Waals surface area contributed by atoms with Crippen molar-refractivity contribution in [3.05, 3.63) is 17.5 Å². The molecule has 2 rings (SSSR count). The summed E-state index contributed by atoms with van der Waals surface area (Å²) in [6.07, 6.45) is 1.92. The zero-order chi connectivity index (χ0) is 12.1. The predicted molar refractivity (Wildman–Crippen MR) is 66.9 cm³/mol. The molecule has 5 heteroatoms. The van der Waals surface area contributed by atoms with E-state index in [4.69, 9.17) is 4.74 Å². The Morgan fingerprint density at radius 2 is 2.18 bits per heavy atom. The SMILES string of the molecule is Cc1cnn(C)c1CNCCN1CCOCC1. The normalized spacial score (nSPS) is 17.5. The minimum absolute atomic E-state index is 0.876. The third-order valence-corrected chi connectivity index (χ3v) is 3.27. The summed E-state index contributed by atoms with van der Waals surface area (Å²) in [4.78, 5) is 2.44. The van der Waals surface area contributed by atoms with E-state index in [0.717, 1.165) is 45.9 Å². The highest BCUT2D eigenvalue weighted by molar-refractivity contribution is 5.14. The Labute approximate surface area is 103 Å². The van der Waals surface area contributed by atoms with Crippen molar-refractivity contribution in [2.24, 2.45) is 7.05 Å². The van der Waals surface area contributed by atoms with Gasteiger partial charge in [0.25, 0.3) is 0 Å². The van der Waals surface area contributed by atoms with Gasteiger partial charge in [0.15, 0.2) is 0 Å². The fourth-order valence-electron chi connectivity index (χ4n) is 2.10. The fourth-order valence-corrected chi connectivity index (χ4v) is 2.10. The Hall–Kier alpha value is -0.910. The second-order valence-corrected chi connectivity index (χ2v) is 4.53. The van der Waals surface area contributed by atoms with E-state index in [1.807, 2.05) is 17.9 Å². The summed E-state index contributed by atoms with van der Waals surface area (Å²) in [5.41, 5.74) is 2.53. The number of nitrogens with zero attached hydrogens (tertiary/aromatic N) is 3. The lowest BCUT2D eigenvalue weighted by atomic mass is 10.3. The van der Waals surface area contributed by atoms with Gasteiger partial charge in [-0.05, 0) is 12.5 Å². The predicted octanol–water partition coefficient (Wildman–Crippen LogP) is 0.150. The maximum Gasteiger partial charge on any atom is 0.0594 e. The molecule has 1 saturated heterocycles. The number of aryl methyl sites for hydroxylation is 2. The summed E-state index contributed by atoms with van der Waals surface area (Å²) < 4.78 is 7.26. The number of morpholine rings is 1. The smallest absolute Gasteiger partial charge is 0.0594 e. The summed E-state index contributed by atoms with van der Waals surface area (Å²) in [5, 5.41) is 7.71. The minimum Gasteiger partial charge on any atom is -0.379 e. The first-order valence-electron chi connectivity index (χ1n) is 6.25. The highest BCUT2D eigenvalue weighted by Crippen LogP contribution is 2.04. The van der Waals surface area contributed by atoms with Gasteiger partial charge in [-0.3, -0.25) is 9.58 Å². The molecule has 0 radical (unpaired) electrons. The lowest BCUT2D eigenvalue weighted by Gasteiger charge is -2.26. The summed E-state index contributed by atoms with van der Waals surface area (Å²) in [7, 11) is 1.99. The number of nitrogens with one attached hydrogen (secondary N) is 1. The van der Waals surface area contributed by atoms with Crippen LogP contribution >= 0.6 is 0 Å². The summed E-state index contributed by atoms with van der Waals surface area (Å²) in [6, 6.07) is 0. The zero-order valence-corrected chi connectivity index (χ0v) is 10.8. The van der Waals surface area contributed by atoms with Gasteiger partial charge < -0.3 is 10.1 Å². The van der Waals surface area contributed by atoms with Crippen LogP contribution in [0.25, 0.3) is 0 Å². The maximum absolute atomic E-state index is 5.32. The molecule has 1 aromatic heterocycles. The number of aromatic nitrogens is 2. The second kappa shape index (κ2) is 6.14. The summed E-state index contributed by atoms with van der Waals surface area (Å²) in [6.45, 7) is 8.99. The van der Waals surface area contributed by atoms with Crippen LogP contribution in [0.2, 0.25) is 0 Å². The number of ether oxygens (including phenoxy) is 1. The quantitative estimate of drug-likeness (QED) is 0.742. The molecule has 0 aromatic carbocycles. The van der Waals surface area contributed by atoms with Crippen LogP contribution in [0.4, 0.5) is 0 Å². The molecule has 1 fully saturated rings. The first kappa shape index (κ1) is 12.5. The molecule has 1 N–H and O–H groups in total. The van der Waals surface area contributed by atoms with Gasteiger partial charge in [0.05, 0.1) is 25.1 Å². The molecule has 0 atom stereocenters. The van der Waals surface area contributed by atoms with Gasteiger partial charge in [-0.1, -0.05) is 0 Å². The Morgan fingerprint density at radius 3 is 2.82 bits per heavy atom. The highest BCUT2D eigenvalue weighted by Gasteiger charge is 2.09. The van der Waals surface area contributed by atoms with Crippen molar-refractivity contribution in [1.29, 1.82) is 0 Å². The van der Waals surface area contributed by atoms with Crippen molar-refractivity contribution in [3.63, 3.8) is 0 Å². The molecule has 96 valence electrons. The van der Waals surface area contributed by atoms with Crippen LogP contribution in [-0.4, -0.2) is 54.1 Å². The molecule has 0 saturated carbocycles. The highest BCUT2D eigenvalue weighted by atomic mass is 16.5. The van der Waals surface area contributed by atoms with E-state index in [1.54, 1.807) is 0 Å². The fraction of sp³-hybridized carbons (Fsp3) is 0.750. The molecule has 1 aliphatic heterocycles. The van der Waals surface area contributed by atoms with E-state index in [9.17, 15) is 0 Å². The Bertz CT molecular complexity index is 325. The average Bonchev–Trinajstić information content (AvgIpc) is 2.67. The number of hydrogen-bond acceptors (Lipinski definition) is 4. The van der Waals surface area contributed by atoms with E-state index in [1.165, 1.54) is 11.3 Å². The summed E-state index contributed by atoms with van der Waals surface area (Å²) in [5.74, 6) is 0. The van der Waals surface area contributed by atoms with Gasteiger partial charge in [-0.15, -0.1) is 0 Å². The number of rotatable bonds is 5. The summed E-state index contributed by atoms with van der Waals surface area (Å²) >= 11 is 0. The Balaban J connectivity index is 1.66. The zero-order valence-electron chi connectivity index (χ0n) is 10.8. The van der Waals surface area contributed by atoms with E-state index < -0.39 is 0 Å². The van der Waals surface area contributed by atoms with E-state index in [-0.39, 0.29) is 0 Å². The Morgan fingerprint density at radius 1 is 1.41 bits per heavy atom. The molecule has 0 unspecified atom stereocenters. The second-order valence-electron chi connectivity index (χ2n) is 4.53. The molecule has 0 aliphatic carbocycles. The molecule has 2 heterocycles. The van der Waals surface area contributed by atoms with Crippen LogP contribution in [0.3, 0.4) is 0 Å². The van der Waals surface area contributed by atoms with Crippen LogP contribution in [-0.2, 0) is 18.3 Å². The molecule has 1 aliphatic rings. The third kappa shape index (κ3) is 3.52. The molecule has 0 bridgehead atoms. The average molecular weight is 238 g/mol. The van der Waals surface area contributed by atoms with Crippen molar-refractivity contribution >= 4 is 0 Å². The largest absolute Gasteiger partial charge is 0.379 e. The standard InChI is InChI=1S/C12H22N4O/c1-11-9-14-15(2)12(11)10-13-3-4-16-5-7-17-8-6-16/h9,13H,3-8,10H2,1-2H3. The third-order valence-electron chi connectivity index (χ3n) is 3.27. The monoisotopic (exact) mass is 238 g/mol. The molecule has 0 spiro atoms. The van der Waals surface area contributed by atoms with E-state index in [2.05, 4.69) is 22.2 Å². The molecule has 1 aromatic rings. The topological polar surface area (TPSA) is 42.3 Å². The van der Waals surface area contributed by atoms with Crippen LogP contribution in [0.15, 0.2) is 6.20 Å². The van der Waals surface area contributed by atoms with Crippen molar-refractivity contribution < 1.29 is 4.74 Å². The number of hydrogen-bond donors (Lipinski definition) is 1. The van der Waals surface area contributed by atoms with Gasteiger partial charge in [-0.2, -0.15) is 5.10 Å². The first-order chi connectivity index (χ1) is 8.27. The van der Waals surface area contributed by atoms with Crippen molar-refractivity contribution in [2.45, 2.75) is 13.5 Å². The molecule has 17 heavy (non-hydrogen) atoms. The van der Waals surface area contributed by atoms with Crippen LogP contribution in [0.5, 0.6) is 0 Å². The van der Waals surface area contributed by atoms with Gasteiger partial charge in [0.2, 0.25) is 0 Å². The van der Waals surface area contributed by atoms with Gasteiger partial charge >= 0.3 is 0 Å². The van der Waals surface area contributed by atoms with Crippen LogP contribution in [0, 0.1) is 6.92 Å². The first-order valence-corrected chi connectivity index (χ1v) is 6.25. The van der Waals surface area contributed by atoms with Gasteiger partial charge in [-0.25, -0.2) is 0 Å². The van der Waals surface area contributed by atoms with Crippen LogP contribution < -0.4 is 5.32 Å². The van der Waals surface area contributed by atoms with Crippen molar-refractivity contribution in [3.8, 4) is 0 Å².